The van der Waals surface area contributed by atoms with Crippen molar-refractivity contribution in [2.75, 3.05) is 19.7 Å². The van der Waals surface area contributed by atoms with Gasteiger partial charge in [-0.05, 0) is 31.4 Å². The Hall–Kier alpha value is -2.24. The number of benzene rings is 1. The molecule has 0 bridgehead atoms. The Morgan fingerprint density at radius 1 is 1.19 bits per heavy atom. The van der Waals surface area contributed by atoms with Crippen LogP contribution in [0.25, 0.3) is 16.8 Å². The van der Waals surface area contributed by atoms with Gasteiger partial charge in [-0.15, -0.1) is 0 Å². The van der Waals surface area contributed by atoms with Gasteiger partial charge in [0.2, 0.25) is 0 Å². The third-order valence-corrected chi connectivity index (χ3v) is 4.92. The molecule has 5 nitrogen and oxygen atoms in total. The smallest absolute Gasteiger partial charge is 0.162 e. The molecule has 136 valence electrons. The Balaban J connectivity index is 1.48. The number of likely N-dealkylation sites (tertiary alicyclic amines) is 1. The summed E-state index contributed by atoms with van der Waals surface area (Å²) in [6.07, 6.45) is 9.81. The summed E-state index contributed by atoms with van der Waals surface area (Å²) in [5.41, 5.74) is 4.32. The third-order valence-electron chi connectivity index (χ3n) is 4.92. The molecule has 0 saturated carbocycles. The molecule has 0 N–H and O–H groups in total. The van der Waals surface area contributed by atoms with Crippen molar-refractivity contribution >= 4 is 5.65 Å². The molecule has 1 fully saturated rings. The van der Waals surface area contributed by atoms with Gasteiger partial charge in [-0.2, -0.15) is 5.10 Å². The number of hydrogen-bond acceptors (Lipinski definition) is 4. The van der Waals surface area contributed by atoms with Crippen LogP contribution >= 0.6 is 0 Å². The predicted octanol–water partition coefficient (Wildman–Crippen LogP) is 3.79. The Labute approximate surface area is 154 Å². The highest BCUT2D eigenvalue weighted by atomic mass is 16.5. The second-order valence-electron chi connectivity index (χ2n) is 7.02. The van der Waals surface area contributed by atoms with Gasteiger partial charge in [0, 0.05) is 43.2 Å². The largest absolute Gasteiger partial charge is 0.377 e. The van der Waals surface area contributed by atoms with E-state index in [-0.39, 0.29) is 0 Å². The summed E-state index contributed by atoms with van der Waals surface area (Å²) in [5.74, 6) is 0. The molecule has 0 spiro atoms. The summed E-state index contributed by atoms with van der Waals surface area (Å²) in [7, 11) is 0. The Morgan fingerprint density at radius 3 is 2.92 bits per heavy atom. The lowest BCUT2D eigenvalue weighted by molar-refractivity contribution is -0.00228. The first-order valence-corrected chi connectivity index (χ1v) is 9.55. The minimum atomic E-state index is 0.370. The topological polar surface area (TPSA) is 42.7 Å². The van der Waals surface area contributed by atoms with E-state index in [4.69, 9.17) is 9.72 Å². The Morgan fingerprint density at radius 2 is 2.08 bits per heavy atom. The number of aromatic nitrogens is 3. The molecule has 1 aliphatic rings. The van der Waals surface area contributed by atoms with Gasteiger partial charge in [0.05, 0.1) is 12.3 Å². The van der Waals surface area contributed by atoms with Crippen molar-refractivity contribution in [1.82, 2.24) is 19.5 Å². The summed E-state index contributed by atoms with van der Waals surface area (Å²) < 4.78 is 7.84. The standard InChI is InChI=1S/C21H26N4O/c1-2-11-26-19-9-6-10-24(16-19)14-17-12-22-21-20(13-23-25(21)15-17)18-7-4-3-5-8-18/h3-5,7-8,12-13,15,19H,2,6,9-11,14,16H2,1H3. The van der Waals surface area contributed by atoms with Gasteiger partial charge in [0.1, 0.15) is 0 Å². The minimum Gasteiger partial charge on any atom is -0.377 e. The highest BCUT2D eigenvalue weighted by Crippen LogP contribution is 2.23. The molecular formula is C21H26N4O. The van der Waals surface area contributed by atoms with E-state index < -0.39 is 0 Å². The lowest BCUT2D eigenvalue weighted by atomic mass is 10.1. The van der Waals surface area contributed by atoms with Gasteiger partial charge in [0.15, 0.2) is 5.65 Å². The van der Waals surface area contributed by atoms with E-state index in [2.05, 4.69) is 35.3 Å². The van der Waals surface area contributed by atoms with Gasteiger partial charge < -0.3 is 4.74 Å². The average molecular weight is 350 g/mol. The van der Waals surface area contributed by atoms with Crippen molar-refractivity contribution in [2.45, 2.75) is 38.8 Å². The number of piperidine rings is 1. The van der Waals surface area contributed by atoms with Gasteiger partial charge in [-0.3, -0.25) is 4.90 Å². The van der Waals surface area contributed by atoms with Crippen molar-refractivity contribution in [3.8, 4) is 11.1 Å². The molecule has 0 amide bonds. The molecule has 1 aromatic carbocycles. The lowest BCUT2D eigenvalue weighted by Crippen LogP contribution is -2.39. The lowest BCUT2D eigenvalue weighted by Gasteiger charge is -2.32. The van der Waals surface area contributed by atoms with Gasteiger partial charge in [-0.25, -0.2) is 9.50 Å². The van der Waals surface area contributed by atoms with Crippen molar-refractivity contribution in [1.29, 1.82) is 0 Å². The molecule has 1 saturated heterocycles. The Bertz CT molecular complexity index is 846. The molecular weight excluding hydrogens is 324 g/mol. The van der Waals surface area contributed by atoms with Gasteiger partial charge in [0.25, 0.3) is 0 Å². The maximum atomic E-state index is 5.95. The highest BCUT2D eigenvalue weighted by Gasteiger charge is 2.20. The maximum Gasteiger partial charge on any atom is 0.162 e. The van der Waals surface area contributed by atoms with E-state index in [0.717, 1.165) is 49.4 Å². The molecule has 3 heterocycles. The average Bonchev–Trinajstić information content (AvgIpc) is 3.10. The van der Waals surface area contributed by atoms with Crippen LogP contribution in [0.1, 0.15) is 31.7 Å². The third kappa shape index (κ3) is 3.79. The zero-order valence-electron chi connectivity index (χ0n) is 15.3. The van der Waals surface area contributed by atoms with Crippen LogP contribution in [0.5, 0.6) is 0 Å². The SMILES string of the molecule is CCCOC1CCCN(Cc2cnc3c(-c4ccccc4)cnn3c2)C1. The number of rotatable bonds is 6. The monoisotopic (exact) mass is 350 g/mol. The summed E-state index contributed by atoms with van der Waals surface area (Å²) in [4.78, 5) is 7.16. The maximum absolute atomic E-state index is 5.95. The zero-order chi connectivity index (χ0) is 17.8. The fraction of sp³-hybridized carbons (Fsp3) is 0.429. The number of fused-ring (bicyclic) bond motifs is 1. The quantitative estimate of drug-likeness (QED) is 0.678. The van der Waals surface area contributed by atoms with Gasteiger partial charge in [-0.1, -0.05) is 37.3 Å². The molecule has 4 rings (SSSR count). The van der Waals surface area contributed by atoms with E-state index in [1.165, 1.54) is 18.4 Å². The predicted molar refractivity (Wildman–Crippen MR) is 103 cm³/mol. The summed E-state index contributed by atoms with van der Waals surface area (Å²) >= 11 is 0. The summed E-state index contributed by atoms with van der Waals surface area (Å²) in [5, 5.41) is 4.52. The first-order chi connectivity index (χ1) is 12.8. The van der Waals surface area contributed by atoms with Crippen LogP contribution in [0.2, 0.25) is 0 Å². The first kappa shape index (κ1) is 17.2. The molecule has 0 radical (unpaired) electrons. The van der Waals surface area contributed by atoms with Crippen LogP contribution in [0, 0.1) is 0 Å². The molecule has 1 atom stereocenters. The second-order valence-corrected chi connectivity index (χ2v) is 7.02. The van der Waals surface area contributed by atoms with E-state index >= 15 is 0 Å². The van der Waals surface area contributed by atoms with Crippen LogP contribution in [-0.4, -0.2) is 45.3 Å². The molecule has 2 aromatic heterocycles. The number of ether oxygens (including phenoxy) is 1. The van der Waals surface area contributed by atoms with Crippen LogP contribution in [-0.2, 0) is 11.3 Å². The number of hydrogen-bond donors (Lipinski definition) is 0. The van der Waals surface area contributed by atoms with Crippen molar-refractivity contribution in [3.05, 3.63) is 54.5 Å². The molecule has 5 heteroatoms. The van der Waals surface area contributed by atoms with E-state index in [0.29, 0.717) is 6.10 Å². The Kier molecular flexibility index (Phi) is 5.27. The van der Waals surface area contributed by atoms with E-state index in [1.807, 2.05) is 35.1 Å². The van der Waals surface area contributed by atoms with E-state index in [9.17, 15) is 0 Å². The highest BCUT2D eigenvalue weighted by molar-refractivity contribution is 5.76. The summed E-state index contributed by atoms with van der Waals surface area (Å²) in [6, 6.07) is 10.3. The van der Waals surface area contributed by atoms with Crippen molar-refractivity contribution in [3.63, 3.8) is 0 Å². The molecule has 0 aliphatic carbocycles. The fourth-order valence-corrected chi connectivity index (χ4v) is 3.65. The van der Waals surface area contributed by atoms with Crippen molar-refractivity contribution in [2.24, 2.45) is 0 Å². The molecule has 26 heavy (non-hydrogen) atoms. The number of nitrogens with zero attached hydrogens (tertiary/aromatic N) is 4. The van der Waals surface area contributed by atoms with Crippen LogP contribution < -0.4 is 0 Å². The minimum absolute atomic E-state index is 0.370. The van der Waals surface area contributed by atoms with Crippen LogP contribution in [0.4, 0.5) is 0 Å². The zero-order valence-corrected chi connectivity index (χ0v) is 15.3. The summed E-state index contributed by atoms with van der Waals surface area (Å²) in [6.45, 7) is 6.05. The first-order valence-electron chi connectivity index (χ1n) is 9.55. The van der Waals surface area contributed by atoms with Crippen LogP contribution in [0.15, 0.2) is 48.9 Å². The van der Waals surface area contributed by atoms with Gasteiger partial charge >= 0.3 is 0 Å². The van der Waals surface area contributed by atoms with Crippen LogP contribution in [0.3, 0.4) is 0 Å². The van der Waals surface area contributed by atoms with E-state index in [1.54, 1.807) is 0 Å². The molecule has 1 unspecified atom stereocenters. The molecule has 3 aromatic rings. The normalized spacial score (nSPS) is 18.4. The fourth-order valence-electron chi connectivity index (χ4n) is 3.65. The molecule has 1 aliphatic heterocycles. The second kappa shape index (κ2) is 7.98. The van der Waals surface area contributed by atoms with Crippen molar-refractivity contribution < 1.29 is 4.74 Å².